The lowest BCUT2D eigenvalue weighted by molar-refractivity contribution is 0.0318. The fraction of sp³-hybridized carbons (Fsp3) is 0.615. The maximum atomic E-state index is 10.2. The van der Waals surface area contributed by atoms with Gasteiger partial charge in [-0.05, 0) is 37.0 Å². The molecule has 16 heavy (non-hydrogen) atoms. The van der Waals surface area contributed by atoms with E-state index in [0.29, 0.717) is 6.42 Å². The number of aliphatic hydroxyl groups is 1. The molecule has 2 heterocycles. The maximum Gasteiger partial charge on any atom is 0.0634 e. The Morgan fingerprint density at radius 2 is 2.25 bits per heavy atom. The van der Waals surface area contributed by atoms with Crippen LogP contribution in [-0.2, 0) is 11.2 Å². The third-order valence-electron chi connectivity index (χ3n) is 3.35. The van der Waals surface area contributed by atoms with Gasteiger partial charge < -0.3 is 9.84 Å². The van der Waals surface area contributed by atoms with Crippen molar-refractivity contribution in [3.8, 4) is 0 Å². The molecule has 0 saturated carbocycles. The smallest absolute Gasteiger partial charge is 0.0634 e. The lowest BCUT2D eigenvalue weighted by atomic mass is 9.90. The summed E-state index contributed by atoms with van der Waals surface area (Å²) in [5.74, 6) is 0.290. The molecule has 1 fully saturated rings. The molecule has 3 unspecified atom stereocenters. The van der Waals surface area contributed by atoms with Gasteiger partial charge in [-0.15, -0.1) is 0 Å². The highest BCUT2D eigenvalue weighted by molar-refractivity contribution is 5.11. The Morgan fingerprint density at radius 1 is 1.50 bits per heavy atom. The second kappa shape index (κ2) is 5.41. The predicted molar refractivity (Wildman–Crippen MR) is 62.1 cm³/mol. The van der Waals surface area contributed by atoms with E-state index >= 15 is 0 Å². The van der Waals surface area contributed by atoms with Crippen molar-refractivity contribution in [1.82, 2.24) is 4.98 Å². The number of hydrogen-bond donors (Lipinski definition) is 1. The van der Waals surface area contributed by atoms with Gasteiger partial charge in [0.15, 0.2) is 0 Å². The van der Waals surface area contributed by atoms with Crippen LogP contribution in [0.25, 0.3) is 0 Å². The van der Waals surface area contributed by atoms with Crippen molar-refractivity contribution in [3.05, 3.63) is 30.1 Å². The molecule has 0 amide bonds. The third-order valence-corrected chi connectivity index (χ3v) is 3.35. The number of rotatable bonds is 4. The Kier molecular flexibility index (Phi) is 3.91. The van der Waals surface area contributed by atoms with Crippen LogP contribution in [0.2, 0.25) is 0 Å². The van der Waals surface area contributed by atoms with E-state index in [9.17, 15) is 5.11 Å². The summed E-state index contributed by atoms with van der Waals surface area (Å²) in [4.78, 5) is 3.97. The third kappa shape index (κ3) is 2.60. The quantitative estimate of drug-likeness (QED) is 0.843. The van der Waals surface area contributed by atoms with Gasteiger partial charge in [0.05, 0.1) is 12.2 Å². The summed E-state index contributed by atoms with van der Waals surface area (Å²) >= 11 is 0. The van der Waals surface area contributed by atoms with Crippen LogP contribution in [-0.4, -0.2) is 28.9 Å². The predicted octanol–water partition coefficient (Wildman–Crippen LogP) is 1.80. The van der Waals surface area contributed by atoms with Gasteiger partial charge in [0.2, 0.25) is 0 Å². The number of nitrogens with zero attached hydrogens (tertiary/aromatic N) is 1. The molecule has 0 aromatic carbocycles. The minimum absolute atomic E-state index is 0.233. The Bertz CT molecular complexity index is 315. The van der Waals surface area contributed by atoms with E-state index in [2.05, 4.69) is 11.9 Å². The lowest BCUT2D eigenvalue weighted by Crippen LogP contribution is -2.29. The highest BCUT2D eigenvalue weighted by atomic mass is 16.5. The zero-order valence-electron chi connectivity index (χ0n) is 9.67. The van der Waals surface area contributed by atoms with Gasteiger partial charge in [0.1, 0.15) is 0 Å². The Morgan fingerprint density at radius 3 is 2.94 bits per heavy atom. The molecule has 3 heteroatoms. The van der Waals surface area contributed by atoms with Gasteiger partial charge >= 0.3 is 0 Å². The summed E-state index contributed by atoms with van der Waals surface area (Å²) in [7, 11) is 0. The average Bonchev–Trinajstić information content (AvgIpc) is 2.78. The van der Waals surface area contributed by atoms with E-state index in [4.69, 9.17) is 4.74 Å². The van der Waals surface area contributed by atoms with Crippen LogP contribution >= 0.6 is 0 Å². The molecule has 1 aromatic heterocycles. The summed E-state index contributed by atoms with van der Waals surface area (Å²) in [6.45, 7) is 2.90. The molecular formula is C13H19NO2. The molecule has 1 aromatic rings. The van der Waals surface area contributed by atoms with Crippen LogP contribution in [0.3, 0.4) is 0 Å². The van der Waals surface area contributed by atoms with Crippen LogP contribution in [0.4, 0.5) is 0 Å². The van der Waals surface area contributed by atoms with Gasteiger partial charge in [-0.1, -0.05) is 6.92 Å². The Hall–Kier alpha value is -0.930. The molecule has 3 nitrogen and oxygen atoms in total. The van der Waals surface area contributed by atoms with Gasteiger partial charge in [-0.25, -0.2) is 0 Å². The second-order valence-electron chi connectivity index (χ2n) is 4.40. The van der Waals surface area contributed by atoms with Crippen molar-refractivity contribution >= 4 is 0 Å². The standard InChI is InChI=1S/C13H19NO2/c1-2-13-11(5-8-16-13)12(15)9-10-3-6-14-7-4-10/h3-4,6-7,11-13,15H,2,5,8-9H2,1H3. The highest BCUT2D eigenvalue weighted by Crippen LogP contribution is 2.27. The molecular weight excluding hydrogens is 202 g/mol. The lowest BCUT2D eigenvalue weighted by Gasteiger charge is -2.22. The molecule has 1 aliphatic heterocycles. The highest BCUT2D eigenvalue weighted by Gasteiger charge is 2.32. The summed E-state index contributed by atoms with van der Waals surface area (Å²) in [5, 5.41) is 10.2. The van der Waals surface area contributed by atoms with E-state index in [1.54, 1.807) is 12.4 Å². The summed E-state index contributed by atoms with van der Waals surface area (Å²) in [5.41, 5.74) is 1.14. The topological polar surface area (TPSA) is 42.4 Å². The van der Waals surface area contributed by atoms with Gasteiger partial charge in [0.25, 0.3) is 0 Å². The number of ether oxygens (including phenoxy) is 1. The molecule has 1 aliphatic rings. The van der Waals surface area contributed by atoms with Crippen LogP contribution in [0.15, 0.2) is 24.5 Å². The number of hydrogen-bond acceptors (Lipinski definition) is 3. The largest absolute Gasteiger partial charge is 0.392 e. The number of aromatic nitrogens is 1. The molecule has 0 aliphatic carbocycles. The van der Waals surface area contributed by atoms with Gasteiger partial charge in [0, 0.05) is 24.9 Å². The monoisotopic (exact) mass is 221 g/mol. The molecule has 2 rings (SSSR count). The molecule has 88 valence electrons. The van der Waals surface area contributed by atoms with Crippen LogP contribution < -0.4 is 0 Å². The molecule has 1 N–H and O–H groups in total. The first-order valence-corrected chi connectivity index (χ1v) is 6.00. The van der Waals surface area contributed by atoms with Crippen LogP contribution in [0, 0.1) is 5.92 Å². The van der Waals surface area contributed by atoms with E-state index in [0.717, 1.165) is 25.0 Å². The van der Waals surface area contributed by atoms with E-state index < -0.39 is 0 Å². The fourth-order valence-electron chi connectivity index (χ4n) is 2.44. The summed E-state index contributed by atoms with van der Waals surface area (Å²) in [6.07, 6.45) is 6.14. The zero-order chi connectivity index (χ0) is 11.4. The molecule has 3 atom stereocenters. The minimum Gasteiger partial charge on any atom is -0.392 e. The van der Waals surface area contributed by atoms with Crippen molar-refractivity contribution in [2.24, 2.45) is 5.92 Å². The first-order valence-electron chi connectivity index (χ1n) is 6.00. The molecule has 1 saturated heterocycles. The minimum atomic E-state index is -0.296. The fourth-order valence-corrected chi connectivity index (χ4v) is 2.44. The van der Waals surface area contributed by atoms with Gasteiger partial charge in [-0.3, -0.25) is 4.98 Å². The average molecular weight is 221 g/mol. The molecule has 0 bridgehead atoms. The van der Waals surface area contributed by atoms with Crippen LogP contribution in [0.1, 0.15) is 25.3 Å². The van der Waals surface area contributed by atoms with Crippen molar-refractivity contribution < 1.29 is 9.84 Å². The first-order chi connectivity index (χ1) is 7.81. The first kappa shape index (κ1) is 11.6. The van der Waals surface area contributed by atoms with E-state index in [1.165, 1.54) is 0 Å². The second-order valence-corrected chi connectivity index (χ2v) is 4.40. The number of aliphatic hydroxyl groups excluding tert-OH is 1. The van der Waals surface area contributed by atoms with Crippen molar-refractivity contribution in [2.45, 2.75) is 38.4 Å². The summed E-state index contributed by atoms with van der Waals surface area (Å²) < 4.78 is 5.60. The van der Waals surface area contributed by atoms with Crippen molar-refractivity contribution in [3.63, 3.8) is 0 Å². The van der Waals surface area contributed by atoms with Gasteiger partial charge in [-0.2, -0.15) is 0 Å². The summed E-state index contributed by atoms with van der Waals surface area (Å²) in [6, 6.07) is 3.92. The Balaban J connectivity index is 1.95. The maximum absolute atomic E-state index is 10.2. The van der Waals surface area contributed by atoms with E-state index in [1.807, 2.05) is 12.1 Å². The number of pyridine rings is 1. The normalized spacial score (nSPS) is 26.9. The van der Waals surface area contributed by atoms with Crippen molar-refractivity contribution in [1.29, 1.82) is 0 Å². The molecule has 0 spiro atoms. The zero-order valence-corrected chi connectivity index (χ0v) is 9.67. The van der Waals surface area contributed by atoms with E-state index in [-0.39, 0.29) is 18.1 Å². The SMILES string of the molecule is CCC1OCCC1C(O)Cc1ccncc1. The molecule has 0 radical (unpaired) electrons. The van der Waals surface area contributed by atoms with Crippen molar-refractivity contribution in [2.75, 3.05) is 6.61 Å². The van der Waals surface area contributed by atoms with Crippen LogP contribution in [0.5, 0.6) is 0 Å². The Labute approximate surface area is 96.5 Å².